The van der Waals surface area contributed by atoms with E-state index in [1.807, 2.05) is 0 Å². The molecule has 7 nitrogen and oxygen atoms in total. The van der Waals surface area contributed by atoms with Gasteiger partial charge in [-0.3, -0.25) is 4.79 Å². The number of benzene rings is 1. The van der Waals surface area contributed by atoms with Gasteiger partial charge in [0.1, 0.15) is 4.90 Å². The second-order valence-electron chi connectivity index (χ2n) is 3.92. The number of carbonyl (C=O) groups excluding carboxylic acids is 1. The Morgan fingerprint density at radius 2 is 2.05 bits per heavy atom. The van der Waals surface area contributed by atoms with Gasteiger partial charge >= 0.3 is 0 Å². The molecule has 0 saturated carbocycles. The highest BCUT2D eigenvalue weighted by molar-refractivity contribution is 7.89. The number of nitrogens with one attached hydrogen (secondary N) is 1. The van der Waals surface area contributed by atoms with Crippen molar-refractivity contribution in [2.45, 2.75) is 11.8 Å². The molecule has 0 unspecified atom stereocenters. The van der Waals surface area contributed by atoms with E-state index in [1.165, 1.54) is 13.1 Å². The van der Waals surface area contributed by atoms with Crippen LogP contribution in [0.15, 0.2) is 23.1 Å². The Labute approximate surface area is 112 Å². The van der Waals surface area contributed by atoms with Crippen LogP contribution in [-0.2, 0) is 14.8 Å². The van der Waals surface area contributed by atoms with Gasteiger partial charge in [0.15, 0.2) is 0 Å². The largest absolute Gasteiger partial charge is 0.399 e. The monoisotopic (exact) mass is 286 g/mol. The van der Waals surface area contributed by atoms with E-state index < -0.39 is 15.9 Å². The van der Waals surface area contributed by atoms with E-state index in [4.69, 9.17) is 11.5 Å². The molecule has 1 aromatic carbocycles. The number of carbonyl (C=O) groups is 1. The molecule has 0 radical (unpaired) electrons. The number of rotatable bonds is 6. The van der Waals surface area contributed by atoms with Crippen LogP contribution in [0.1, 0.15) is 6.92 Å². The maximum atomic E-state index is 12.0. The van der Waals surface area contributed by atoms with Crippen molar-refractivity contribution in [1.82, 2.24) is 4.72 Å². The lowest BCUT2D eigenvalue weighted by atomic mass is 10.2. The predicted octanol–water partition coefficient (Wildman–Crippen LogP) is -0.511. The lowest BCUT2D eigenvalue weighted by Crippen LogP contribution is -2.35. The van der Waals surface area contributed by atoms with E-state index in [0.29, 0.717) is 17.9 Å². The highest BCUT2D eigenvalue weighted by Gasteiger charge is 2.21. The zero-order valence-electron chi connectivity index (χ0n) is 10.9. The molecule has 0 atom stereocenters. The van der Waals surface area contributed by atoms with E-state index in [2.05, 4.69) is 4.72 Å². The summed E-state index contributed by atoms with van der Waals surface area (Å²) in [5, 5.41) is 0. The molecule has 0 bridgehead atoms. The average molecular weight is 286 g/mol. The van der Waals surface area contributed by atoms with Crippen molar-refractivity contribution in [3.8, 4) is 0 Å². The number of amides is 1. The topological polar surface area (TPSA) is 119 Å². The molecule has 0 fully saturated rings. The van der Waals surface area contributed by atoms with Crippen LogP contribution in [0.2, 0.25) is 0 Å². The van der Waals surface area contributed by atoms with E-state index in [9.17, 15) is 13.2 Å². The summed E-state index contributed by atoms with van der Waals surface area (Å²) in [6.45, 7) is 2.18. The van der Waals surface area contributed by atoms with Crippen LogP contribution in [0.3, 0.4) is 0 Å². The van der Waals surface area contributed by atoms with Gasteiger partial charge in [-0.15, -0.1) is 0 Å². The first-order chi connectivity index (χ1) is 8.81. The van der Waals surface area contributed by atoms with Crippen LogP contribution in [-0.4, -0.2) is 34.5 Å². The molecule has 19 heavy (non-hydrogen) atoms. The molecular formula is C11H18N4O3S. The maximum absolute atomic E-state index is 12.0. The van der Waals surface area contributed by atoms with Gasteiger partial charge in [-0.05, 0) is 32.2 Å². The van der Waals surface area contributed by atoms with Gasteiger partial charge < -0.3 is 16.4 Å². The van der Waals surface area contributed by atoms with Gasteiger partial charge in [-0.2, -0.15) is 0 Å². The zero-order chi connectivity index (χ0) is 14.6. The van der Waals surface area contributed by atoms with Gasteiger partial charge in [-0.1, -0.05) is 0 Å². The Hall–Kier alpha value is -1.80. The smallest absolute Gasteiger partial charge is 0.242 e. The van der Waals surface area contributed by atoms with Crippen LogP contribution in [0.4, 0.5) is 11.4 Å². The van der Waals surface area contributed by atoms with Crippen molar-refractivity contribution in [3.63, 3.8) is 0 Å². The number of hydrogen-bond donors (Lipinski definition) is 3. The minimum atomic E-state index is -3.67. The number of anilines is 2. The second kappa shape index (κ2) is 5.89. The normalized spacial score (nSPS) is 11.3. The minimum absolute atomic E-state index is 0.0260. The maximum Gasteiger partial charge on any atom is 0.242 e. The third-order valence-electron chi connectivity index (χ3n) is 2.61. The Bertz CT molecular complexity index is 571. The summed E-state index contributed by atoms with van der Waals surface area (Å²) in [7, 11) is -2.35. The lowest BCUT2D eigenvalue weighted by Gasteiger charge is -2.24. The number of nitrogens with two attached hydrogens (primary N) is 2. The van der Waals surface area contributed by atoms with Gasteiger partial charge in [0.05, 0.1) is 12.2 Å². The molecule has 0 aliphatic rings. The summed E-state index contributed by atoms with van der Waals surface area (Å²) in [4.78, 5) is 12.6. The van der Waals surface area contributed by atoms with E-state index in [1.54, 1.807) is 24.0 Å². The first kappa shape index (κ1) is 15.3. The van der Waals surface area contributed by atoms with E-state index in [0.717, 1.165) is 0 Å². The third kappa shape index (κ3) is 3.58. The Morgan fingerprint density at radius 1 is 1.42 bits per heavy atom. The van der Waals surface area contributed by atoms with Gasteiger partial charge in [0.2, 0.25) is 15.9 Å². The highest BCUT2D eigenvalue weighted by Crippen LogP contribution is 2.27. The highest BCUT2D eigenvalue weighted by atomic mass is 32.2. The van der Waals surface area contributed by atoms with Crippen molar-refractivity contribution in [1.29, 1.82) is 0 Å². The number of nitrogens with zero attached hydrogens (tertiary/aromatic N) is 1. The molecule has 0 spiro atoms. The van der Waals surface area contributed by atoms with Gasteiger partial charge in [0, 0.05) is 12.2 Å². The first-order valence-electron chi connectivity index (χ1n) is 5.68. The van der Waals surface area contributed by atoms with Crippen LogP contribution < -0.4 is 21.1 Å². The number of hydrogen-bond acceptors (Lipinski definition) is 5. The molecule has 1 amide bonds. The van der Waals surface area contributed by atoms with Crippen molar-refractivity contribution < 1.29 is 13.2 Å². The standard InChI is InChI=1S/C11H18N4O3S/c1-3-15(7-11(13)16)9-5-4-8(12)6-10(9)19(17,18)14-2/h4-6,14H,3,7,12H2,1-2H3,(H2,13,16). The molecule has 1 aromatic rings. The van der Waals surface area contributed by atoms with Crippen molar-refractivity contribution in [3.05, 3.63) is 18.2 Å². The fourth-order valence-electron chi connectivity index (χ4n) is 1.67. The van der Waals surface area contributed by atoms with Gasteiger partial charge in [-0.25, -0.2) is 13.1 Å². The zero-order valence-corrected chi connectivity index (χ0v) is 11.7. The van der Waals surface area contributed by atoms with Crippen LogP contribution >= 0.6 is 0 Å². The first-order valence-corrected chi connectivity index (χ1v) is 7.16. The molecule has 0 aliphatic heterocycles. The molecule has 0 heterocycles. The molecule has 106 valence electrons. The summed E-state index contributed by atoms with van der Waals surface area (Å²) >= 11 is 0. The van der Waals surface area contributed by atoms with Crippen LogP contribution in [0.25, 0.3) is 0 Å². The lowest BCUT2D eigenvalue weighted by molar-refractivity contribution is -0.116. The fourth-order valence-corrected chi connectivity index (χ4v) is 2.66. The number of nitrogen functional groups attached to an aromatic ring is 1. The molecule has 0 aromatic heterocycles. The van der Waals surface area contributed by atoms with E-state index >= 15 is 0 Å². The summed E-state index contributed by atoms with van der Waals surface area (Å²) in [5.74, 6) is -0.536. The molecule has 0 aliphatic carbocycles. The number of primary amides is 1. The number of likely N-dealkylation sites (N-methyl/N-ethyl adjacent to an activating group) is 1. The summed E-state index contributed by atoms with van der Waals surface area (Å²) in [5.41, 5.74) is 11.5. The Balaban J connectivity index is 3.38. The van der Waals surface area contributed by atoms with E-state index in [-0.39, 0.29) is 11.4 Å². The number of sulfonamides is 1. The minimum Gasteiger partial charge on any atom is -0.399 e. The fraction of sp³-hybridized carbons (Fsp3) is 0.364. The van der Waals surface area contributed by atoms with Crippen molar-refractivity contribution in [2.24, 2.45) is 5.73 Å². The van der Waals surface area contributed by atoms with Crippen LogP contribution in [0, 0.1) is 0 Å². The van der Waals surface area contributed by atoms with Crippen molar-refractivity contribution >= 4 is 27.3 Å². The predicted molar refractivity (Wildman–Crippen MR) is 74.2 cm³/mol. The summed E-state index contributed by atoms with van der Waals surface area (Å²) in [6.07, 6.45) is 0. The second-order valence-corrected chi connectivity index (χ2v) is 5.77. The average Bonchev–Trinajstić information content (AvgIpc) is 2.36. The van der Waals surface area contributed by atoms with Crippen LogP contribution in [0.5, 0.6) is 0 Å². The summed E-state index contributed by atoms with van der Waals surface area (Å²) in [6, 6.07) is 4.49. The Morgan fingerprint density at radius 3 is 2.53 bits per heavy atom. The quantitative estimate of drug-likeness (QED) is 0.608. The SMILES string of the molecule is CCN(CC(N)=O)c1ccc(N)cc1S(=O)(=O)NC. The molecule has 0 saturated heterocycles. The molecule has 8 heteroatoms. The Kier molecular flexibility index (Phi) is 4.73. The van der Waals surface area contributed by atoms with Crippen molar-refractivity contribution in [2.75, 3.05) is 30.8 Å². The molecule has 5 N–H and O–H groups in total. The summed E-state index contributed by atoms with van der Waals surface area (Å²) < 4.78 is 26.2. The third-order valence-corrected chi connectivity index (χ3v) is 4.05. The molecule has 1 rings (SSSR count). The van der Waals surface area contributed by atoms with Gasteiger partial charge in [0.25, 0.3) is 0 Å². The molecular weight excluding hydrogens is 268 g/mol.